The van der Waals surface area contributed by atoms with E-state index in [0.717, 1.165) is 19.1 Å². The van der Waals surface area contributed by atoms with Gasteiger partial charge in [0, 0.05) is 12.2 Å². The first-order valence-electron chi connectivity index (χ1n) is 6.57. The largest absolute Gasteiger partial charge is 0.481 e. The Kier molecular flexibility index (Phi) is 7.18. The molecule has 0 atom stereocenters. The molecular formula is C15H20O8. The average Bonchev–Trinajstić information content (AvgIpc) is 2.34. The summed E-state index contributed by atoms with van der Waals surface area (Å²) in [4.78, 5) is 45.2. The van der Waals surface area contributed by atoms with Gasteiger partial charge in [-0.3, -0.25) is 9.59 Å². The van der Waals surface area contributed by atoms with E-state index in [1.54, 1.807) is 13.8 Å². The third-order valence-corrected chi connectivity index (χ3v) is 2.46. The van der Waals surface area contributed by atoms with Gasteiger partial charge in [0.25, 0.3) is 0 Å². The van der Waals surface area contributed by atoms with E-state index in [-0.39, 0.29) is 12.8 Å². The second-order valence-corrected chi connectivity index (χ2v) is 5.50. The van der Waals surface area contributed by atoms with Crippen molar-refractivity contribution in [3.8, 4) is 0 Å². The second-order valence-electron chi connectivity index (χ2n) is 5.50. The Morgan fingerprint density at radius 1 is 0.913 bits per heavy atom. The zero-order chi connectivity index (χ0) is 18.3. The number of carbonyl (C=O) groups is 4. The van der Waals surface area contributed by atoms with E-state index in [0.29, 0.717) is 0 Å². The number of rotatable bonds is 9. The summed E-state index contributed by atoms with van der Waals surface area (Å²) in [5.41, 5.74) is -0.908. The summed E-state index contributed by atoms with van der Waals surface area (Å²) < 4.78 is 14.3. The van der Waals surface area contributed by atoms with E-state index >= 15 is 0 Å². The molecule has 0 aliphatic carbocycles. The standard InChI is InChI=1S/C15H20O8/c1-6-11(18)21-15(5,22-12(19)7-2)23-13(20)9-14(3,4)8-10(16)17/h6-7H,1-2,8-9H2,3-5H3,(H,16,17). The average molecular weight is 328 g/mol. The number of carbonyl (C=O) groups excluding carboxylic acids is 3. The summed E-state index contributed by atoms with van der Waals surface area (Å²) in [6, 6.07) is 0. The number of aliphatic carboxylic acids is 1. The van der Waals surface area contributed by atoms with Gasteiger partial charge >= 0.3 is 29.9 Å². The van der Waals surface area contributed by atoms with Crippen molar-refractivity contribution in [3.63, 3.8) is 0 Å². The van der Waals surface area contributed by atoms with Gasteiger partial charge in [-0.05, 0) is 5.41 Å². The molecule has 128 valence electrons. The van der Waals surface area contributed by atoms with Crippen molar-refractivity contribution < 1.29 is 38.5 Å². The first-order valence-corrected chi connectivity index (χ1v) is 6.57. The quantitative estimate of drug-likeness (QED) is 0.385. The molecular weight excluding hydrogens is 308 g/mol. The van der Waals surface area contributed by atoms with E-state index in [9.17, 15) is 19.2 Å². The SMILES string of the molecule is C=CC(=O)OC(C)(OC(=O)C=C)OC(=O)CC(C)(C)CC(=O)O. The predicted octanol–water partition coefficient (Wildman–Crippen LogP) is 1.55. The maximum absolute atomic E-state index is 11.9. The highest BCUT2D eigenvalue weighted by Crippen LogP contribution is 2.27. The molecule has 0 aromatic heterocycles. The number of hydrogen-bond acceptors (Lipinski definition) is 7. The predicted molar refractivity (Wildman–Crippen MR) is 77.7 cm³/mol. The van der Waals surface area contributed by atoms with Crippen molar-refractivity contribution in [2.75, 3.05) is 0 Å². The van der Waals surface area contributed by atoms with Crippen molar-refractivity contribution in [3.05, 3.63) is 25.3 Å². The molecule has 0 fully saturated rings. The Labute approximate surface area is 133 Å². The van der Waals surface area contributed by atoms with Crippen LogP contribution in [0.4, 0.5) is 0 Å². The molecule has 0 bridgehead atoms. The molecule has 8 heteroatoms. The van der Waals surface area contributed by atoms with Crippen LogP contribution in [-0.4, -0.2) is 35.0 Å². The molecule has 8 nitrogen and oxygen atoms in total. The minimum absolute atomic E-state index is 0.280. The Balaban J connectivity index is 5.06. The lowest BCUT2D eigenvalue weighted by atomic mass is 9.86. The van der Waals surface area contributed by atoms with Crippen LogP contribution in [0.25, 0.3) is 0 Å². The highest BCUT2D eigenvalue weighted by molar-refractivity contribution is 5.83. The molecule has 0 amide bonds. The lowest BCUT2D eigenvalue weighted by molar-refractivity contribution is -0.316. The zero-order valence-corrected chi connectivity index (χ0v) is 13.3. The molecule has 0 aliphatic rings. The fraction of sp³-hybridized carbons (Fsp3) is 0.467. The van der Waals surface area contributed by atoms with Crippen molar-refractivity contribution >= 4 is 23.9 Å². The summed E-state index contributed by atoms with van der Waals surface area (Å²) in [5, 5.41) is 8.78. The highest BCUT2D eigenvalue weighted by atomic mass is 16.9. The van der Waals surface area contributed by atoms with Crippen LogP contribution in [0.2, 0.25) is 0 Å². The lowest BCUT2D eigenvalue weighted by Gasteiger charge is -2.29. The molecule has 0 saturated heterocycles. The van der Waals surface area contributed by atoms with Crippen LogP contribution in [0.1, 0.15) is 33.6 Å². The van der Waals surface area contributed by atoms with E-state index in [1.165, 1.54) is 0 Å². The van der Waals surface area contributed by atoms with Gasteiger partial charge in [-0.2, -0.15) is 0 Å². The number of esters is 3. The first-order chi connectivity index (χ1) is 10.4. The van der Waals surface area contributed by atoms with Gasteiger partial charge in [0.05, 0.1) is 19.8 Å². The van der Waals surface area contributed by atoms with E-state index in [2.05, 4.69) is 13.2 Å². The van der Waals surface area contributed by atoms with Gasteiger partial charge in [-0.15, -0.1) is 0 Å². The van der Waals surface area contributed by atoms with Crippen molar-refractivity contribution in [2.45, 2.75) is 39.6 Å². The third-order valence-electron chi connectivity index (χ3n) is 2.46. The molecule has 0 spiro atoms. The van der Waals surface area contributed by atoms with Crippen molar-refractivity contribution in [1.29, 1.82) is 0 Å². The van der Waals surface area contributed by atoms with E-state index in [1.807, 2.05) is 0 Å². The maximum Gasteiger partial charge on any atom is 0.420 e. The van der Waals surface area contributed by atoms with E-state index < -0.39 is 35.3 Å². The fourth-order valence-electron chi connectivity index (χ4n) is 1.62. The molecule has 23 heavy (non-hydrogen) atoms. The van der Waals surface area contributed by atoms with E-state index in [4.69, 9.17) is 19.3 Å². The van der Waals surface area contributed by atoms with Crippen molar-refractivity contribution in [1.82, 2.24) is 0 Å². The molecule has 0 rings (SSSR count). The maximum atomic E-state index is 11.9. The Hall–Kier alpha value is -2.64. The lowest BCUT2D eigenvalue weighted by Crippen LogP contribution is -2.41. The molecule has 0 aromatic rings. The van der Waals surface area contributed by atoms with Crippen LogP contribution in [0.3, 0.4) is 0 Å². The Morgan fingerprint density at radius 2 is 1.35 bits per heavy atom. The third kappa shape index (κ3) is 8.40. The Bertz CT molecular complexity index is 496. The van der Waals surface area contributed by atoms with Crippen LogP contribution in [-0.2, 0) is 33.4 Å². The van der Waals surface area contributed by atoms with Crippen LogP contribution in [0.5, 0.6) is 0 Å². The van der Waals surface area contributed by atoms with Gasteiger partial charge in [-0.1, -0.05) is 27.0 Å². The Morgan fingerprint density at radius 3 is 1.70 bits per heavy atom. The molecule has 1 N–H and O–H groups in total. The van der Waals surface area contributed by atoms with Gasteiger partial charge < -0.3 is 19.3 Å². The highest BCUT2D eigenvalue weighted by Gasteiger charge is 2.39. The minimum atomic E-state index is -2.31. The number of ether oxygens (including phenoxy) is 3. The van der Waals surface area contributed by atoms with Crippen LogP contribution in [0.15, 0.2) is 25.3 Å². The van der Waals surface area contributed by atoms with Gasteiger partial charge in [-0.25, -0.2) is 9.59 Å². The van der Waals surface area contributed by atoms with Crippen LogP contribution < -0.4 is 0 Å². The van der Waals surface area contributed by atoms with Crippen LogP contribution in [0, 0.1) is 5.41 Å². The summed E-state index contributed by atoms with van der Waals surface area (Å²) in [6.45, 7) is 10.5. The van der Waals surface area contributed by atoms with Gasteiger partial charge in [0.1, 0.15) is 0 Å². The van der Waals surface area contributed by atoms with Gasteiger partial charge in [0.2, 0.25) is 0 Å². The summed E-state index contributed by atoms with van der Waals surface area (Å²) in [6.07, 6.45) is 1.01. The second kappa shape index (κ2) is 8.11. The zero-order valence-electron chi connectivity index (χ0n) is 13.3. The summed E-state index contributed by atoms with van der Waals surface area (Å²) >= 11 is 0. The molecule has 0 unspecified atom stereocenters. The number of hydrogen-bond donors (Lipinski definition) is 1. The van der Waals surface area contributed by atoms with Crippen molar-refractivity contribution in [2.24, 2.45) is 5.41 Å². The van der Waals surface area contributed by atoms with Crippen LogP contribution >= 0.6 is 0 Å². The molecule has 0 aromatic carbocycles. The monoisotopic (exact) mass is 328 g/mol. The number of carboxylic acids is 1. The molecule has 0 heterocycles. The number of carboxylic acid groups (broad SMARTS) is 1. The molecule has 0 aliphatic heterocycles. The molecule has 0 saturated carbocycles. The minimum Gasteiger partial charge on any atom is -0.481 e. The summed E-state index contributed by atoms with van der Waals surface area (Å²) in [5.74, 6) is -6.27. The van der Waals surface area contributed by atoms with Gasteiger partial charge in [0.15, 0.2) is 0 Å². The molecule has 0 radical (unpaired) electrons. The topological polar surface area (TPSA) is 116 Å². The normalized spacial score (nSPS) is 11.1. The smallest absolute Gasteiger partial charge is 0.420 e. The summed E-state index contributed by atoms with van der Waals surface area (Å²) in [7, 11) is 0. The fourth-order valence-corrected chi connectivity index (χ4v) is 1.62. The first kappa shape index (κ1) is 20.4.